The molecule has 0 radical (unpaired) electrons. The van der Waals surface area contributed by atoms with Gasteiger partial charge in [0, 0.05) is 30.6 Å². The highest BCUT2D eigenvalue weighted by Gasteiger charge is 2.28. The van der Waals surface area contributed by atoms with Crippen LogP contribution in [-0.4, -0.2) is 54.0 Å². The fraction of sp³-hybridized carbons (Fsp3) is 0.391. The topological polar surface area (TPSA) is 105 Å². The Morgan fingerprint density at radius 2 is 1.67 bits per heavy atom. The normalized spacial score (nSPS) is 10.5. The van der Waals surface area contributed by atoms with Crippen molar-refractivity contribution in [1.29, 1.82) is 0 Å². The molecule has 1 aromatic carbocycles. The quantitative estimate of drug-likeness (QED) is 0.377. The van der Waals surface area contributed by atoms with Gasteiger partial charge in [-0.2, -0.15) is 0 Å². The molecule has 2 N–H and O–H groups in total. The summed E-state index contributed by atoms with van der Waals surface area (Å²) in [6.07, 6.45) is 0. The minimum atomic E-state index is -0.568. The van der Waals surface area contributed by atoms with Crippen molar-refractivity contribution in [2.75, 3.05) is 36.1 Å². The van der Waals surface area contributed by atoms with Gasteiger partial charge in [-0.3, -0.25) is 14.4 Å². The highest BCUT2D eigenvalue weighted by Crippen LogP contribution is 2.35. The van der Waals surface area contributed by atoms with Gasteiger partial charge in [-0.25, -0.2) is 4.79 Å². The third-order valence-corrected chi connectivity index (χ3v) is 6.88. The van der Waals surface area contributed by atoms with Crippen LogP contribution in [-0.2, 0) is 14.3 Å². The average Bonchev–Trinajstić information content (AvgIpc) is 3.09. The molecule has 0 spiro atoms. The number of rotatable bonds is 10. The molecule has 1 aromatic heterocycles. The van der Waals surface area contributed by atoms with Crippen LogP contribution in [0.15, 0.2) is 29.2 Å². The number of thioether (sulfide) groups is 1. The Hall–Kier alpha value is -2.85. The summed E-state index contributed by atoms with van der Waals surface area (Å²) in [5.74, 6) is -1.10. The van der Waals surface area contributed by atoms with Crippen LogP contribution >= 0.6 is 23.1 Å². The summed E-state index contributed by atoms with van der Waals surface area (Å²) in [4.78, 5) is 52.2. The highest BCUT2D eigenvalue weighted by atomic mass is 32.2. The first-order valence-electron chi connectivity index (χ1n) is 10.6. The molecule has 2 aromatic rings. The third-order valence-electron chi connectivity index (χ3n) is 4.67. The van der Waals surface area contributed by atoms with E-state index in [1.807, 2.05) is 26.0 Å². The summed E-state index contributed by atoms with van der Waals surface area (Å²) >= 11 is 2.41. The van der Waals surface area contributed by atoms with Gasteiger partial charge in [0.25, 0.3) is 5.91 Å². The van der Waals surface area contributed by atoms with E-state index in [9.17, 15) is 19.2 Å². The number of anilines is 2. The van der Waals surface area contributed by atoms with Crippen molar-refractivity contribution in [2.24, 2.45) is 0 Å². The number of nitrogens with one attached hydrogen (secondary N) is 2. The summed E-state index contributed by atoms with van der Waals surface area (Å²) in [6.45, 7) is 9.88. The summed E-state index contributed by atoms with van der Waals surface area (Å²) in [5, 5.41) is 5.78. The van der Waals surface area contributed by atoms with Crippen molar-refractivity contribution >= 4 is 57.5 Å². The van der Waals surface area contributed by atoms with Gasteiger partial charge >= 0.3 is 5.97 Å². The number of ether oxygens (including phenoxy) is 1. The number of carbonyl (C=O) groups is 4. The van der Waals surface area contributed by atoms with E-state index in [1.54, 1.807) is 30.9 Å². The maximum absolute atomic E-state index is 12.9. The molecule has 0 fully saturated rings. The molecule has 2 rings (SSSR count). The van der Waals surface area contributed by atoms with Gasteiger partial charge in [-0.15, -0.1) is 23.1 Å². The van der Waals surface area contributed by atoms with E-state index in [0.717, 1.165) is 16.2 Å². The second-order valence-corrected chi connectivity index (χ2v) is 9.07. The Morgan fingerprint density at radius 1 is 1.03 bits per heavy atom. The number of nitrogens with zero attached hydrogens (tertiary/aromatic N) is 1. The number of esters is 1. The van der Waals surface area contributed by atoms with E-state index in [0.29, 0.717) is 34.2 Å². The lowest BCUT2D eigenvalue weighted by Gasteiger charge is -2.18. The van der Waals surface area contributed by atoms with Crippen molar-refractivity contribution in [3.8, 4) is 0 Å². The molecule has 0 aliphatic carbocycles. The van der Waals surface area contributed by atoms with Crippen LogP contribution in [0.1, 0.15) is 53.3 Å². The lowest BCUT2D eigenvalue weighted by molar-refractivity contribution is -0.114. The monoisotopic (exact) mass is 491 g/mol. The first-order valence-corrected chi connectivity index (χ1v) is 12.4. The second kappa shape index (κ2) is 12.4. The number of benzene rings is 1. The molecular weight excluding hydrogens is 462 g/mol. The minimum absolute atomic E-state index is 0.109. The van der Waals surface area contributed by atoms with Gasteiger partial charge in [0.2, 0.25) is 11.8 Å². The van der Waals surface area contributed by atoms with Crippen LogP contribution in [0.2, 0.25) is 0 Å². The van der Waals surface area contributed by atoms with Crippen LogP contribution in [0, 0.1) is 6.92 Å². The Labute approximate surface area is 202 Å². The first-order chi connectivity index (χ1) is 15.7. The van der Waals surface area contributed by atoms with E-state index in [4.69, 9.17) is 4.74 Å². The number of hydrogen-bond acceptors (Lipinski definition) is 7. The van der Waals surface area contributed by atoms with Gasteiger partial charge in [-0.1, -0.05) is 0 Å². The predicted molar refractivity (Wildman–Crippen MR) is 132 cm³/mol. The minimum Gasteiger partial charge on any atom is -0.462 e. The molecule has 33 heavy (non-hydrogen) atoms. The van der Waals surface area contributed by atoms with Gasteiger partial charge in [-0.05, 0) is 57.5 Å². The second-order valence-electron chi connectivity index (χ2n) is 7.00. The molecule has 0 atom stereocenters. The summed E-state index contributed by atoms with van der Waals surface area (Å²) < 4.78 is 5.16. The zero-order valence-corrected chi connectivity index (χ0v) is 21.1. The molecule has 1 heterocycles. The number of amides is 3. The fourth-order valence-electron chi connectivity index (χ4n) is 3.06. The van der Waals surface area contributed by atoms with Gasteiger partial charge in [0.05, 0.1) is 22.8 Å². The largest absolute Gasteiger partial charge is 0.462 e. The summed E-state index contributed by atoms with van der Waals surface area (Å²) in [5.41, 5.74) is 1.40. The van der Waals surface area contributed by atoms with Gasteiger partial charge < -0.3 is 20.3 Å². The van der Waals surface area contributed by atoms with Crippen LogP contribution in [0.3, 0.4) is 0 Å². The zero-order chi connectivity index (χ0) is 24.5. The van der Waals surface area contributed by atoms with E-state index < -0.39 is 5.97 Å². The number of carbonyl (C=O) groups excluding carboxylic acids is 4. The van der Waals surface area contributed by atoms with Crippen molar-refractivity contribution in [1.82, 2.24) is 4.90 Å². The van der Waals surface area contributed by atoms with Gasteiger partial charge in [0.1, 0.15) is 5.00 Å². The Kier molecular flexibility index (Phi) is 9.93. The predicted octanol–water partition coefficient (Wildman–Crippen LogP) is 4.40. The maximum atomic E-state index is 12.9. The highest BCUT2D eigenvalue weighted by molar-refractivity contribution is 8.00. The van der Waals surface area contributed by atoms with E-state index in [-0.39, 0.29) is 35.6 Å². The molecule has 3 amide bonds. The number of thiophene rings is 1. The summed E-state index contributed by atoms with van der Waals surface area (Å²) in [7, 11) is 0. The molecule has 0 saturated heterocycles. The standard InChI is InChI=1S/C23H29N3O5S2/c1-6-26(7-2)22(29)20-14(4)19(23(30)31-8-3)21(33-20)25-18(28)13-32-17-11-9-16(10-12-17)24-15(5)27/h9-12H,6-8,13H2,1-5H3,(H,24,27)(H,25,28). The Balaban J connectivity index is 2.17. The van der Waals surface area contributed by atoms with E-state index in [1.165, 1.54) is 18.7 Å². The lowest BCUT2D eigenvalue weighted by atomic mass is 10.1. The molecule has 10 heteroatoms. The SMILES string of the molecule is CCOC(=O)c1c(NC(=O)CSc2ccc(NC(C)=O)cc2)sc(C(=O)N(CC)CC)c1C. The third kappa shape index (κ3) is 7.06. The van der Waals surface area contributed by atoms with Crippen LogP contribution < -0.4 is 10.6 Å². The zero-order valence-electron chi connectivity index (χ0n) is 19.4. The van der Waals surface area contributed by atoms with E-state index >= 15 is 0 Å². The smallest absolute Gasteiger partial charge is 0.341 e. The van der Waals surface area contributed by atoms with Crippen molar-refractivity contribution in [3.05, 3.63) is 40.3 Å². The van der Waals surface area contributed by atoms with Crippen LogP contribution in [0.4, 0.5) is 10.7 Å². The molecule has 0 aliphatic rings. The van der Waals surface area contributed by atoms with Crippen molar-refractivity contribution < 1.29 is 23.9 Å². The first kappa shape index (κ1) is 26.4. The van der Waals surface area contributed by atoms with E-state index in [2.05, 4.69) is 10.6 Å². The van der Waals surface area contributed by atoms with Crippen LogP contribution in [0.5, 0.6) is 0 Å². The lowest BCUT2D eigenvalue weighted by Crippen LogP contribution is -2.30. The molecule has 0 saturated carbocycles. The molecule has 8 nitrogen and oxygen atoms in total. The Bertz CT molecular complexity index is 1010. The summed E-state index contributed by atoms with van der Waals surface area (Å²) in [6, 6.07) is 7.13. The fourth-order valence-corrected chi connectivity index (χ4v) is 4.94. The van der Waals surface area contributed by atoms with Crippen molar-refractivity contribution in [3.63, 3.8) is 0 Å². The molecule has 0 unspecified atom stereocenters. The van der Waals surface area contributed by atoms with Gasteiger partial charge in [0.15, 0.2) is 0 Å². The molecular formula is C23H29N3O5S2. The van der Waals surface area contributed by atoms with Crippen molar-refractivity contribution in [2.45, 2.75) is 39.5 Å². The number of hydrogen-bond donors (Lipinski definition) is 2. The molecule has 178 valence electrons. The maximum Gasteiger partial charge on any atom is 0.341 e. The molecule has 0 aliphatic heterocycles. The Morgan fingerprint density at radius 3 is 2.21 bits per heavy atom. The van der Waals surface area contributed by atoms with Crippen LogP contribution in [0.25, 0.3) is 0 Å². The molecule has 0 bridgehead atoms. The average molecular weight is 492 g/mol.